The SMILES string of the molecule is CCn1cc(NC(=O)CCCc2c[nH]c3ccccc23)c(C(=O)NCc2ccco2)n1. The van der Waals surface area contributed by atoms with Crippen molar-refractivity contribution >= 4 is 28.4 Å². The standard InChI is InChI=1S/C23H25N5O3/c1-2-28-15-20(22(27-28)23(30)25-14-17-8-6-12-31-17)26-21(29)11-5-7-16-13-24-19-10-4-3-9-18(16)19/h3-4,6,8-10,12-13,15,24H,2,5,7,11,14H2,1H3,(H,25,30)(H,26,29). The van der Waals surface area contributed by atoms with Crippen molar-refractivity contribution < 1.29 is 14.0 Å². The molecule has 0 saturated heterocycles. The number of benzene rings is 1. The maximum absolute atomic E-state index is 12.6. The van der Waals surface area contributed by atoms with Crippen molar-refractivity contribution in [2.24, 2.45) is 0 Å². The van der Waals surface area contributed by atoms with Crippen LogP contribution in [-0.4, -0.2) is 26.6 Å². The molecule has 1 aromatic carbocycles. The number of aromatic amines is 1. The fraction of sp³-hybridized carbons (Fsp3) is 0.261. The predicted octanol–water partition coefficient (Wildman–Crippen LogP) is 3.87. The second-order valence-electron chi connectivity index (χ2n) is 7.27. The van der Waals surface area contributed by atoms with Gasteiger partial charge in [0.05, 0.1) is 18.5 Å². The number of hydrogen-bond donors (Lipinski definition) is 3. The van der Waals surface area contributed by atoms with Crippen LogP contribution in [0, 0.1) is 0 Å². The topological polar surface area (TPSA) is 105 Å². The minimum absolute atomic E-state index is 0.143. The summed E-state index contributed by atoms with van der Waals surface area (Å²) in [5.74, 6) is 0.138. The summed E-state index contributed by atoms with van der Waals surface area (Å²) >= 11 is 0. The van der Waals surface area contributed by atoms with E-state index in [0.29, 0.717) is 30.8 Å². The number of aryl methyl sites for hydroxylation is 2. The van der Waals surface area contributed by atoms with E-state index in [1.165, 1.54) is 10.9 Å². The maximum Gasteiger partial charge on any atom is 0.274 e. The largest absolute Gasteiger partial charge is 0.467 e. The molecule has 0 bridgehead atoms. The average molecular weight is 419 g/mol. The minimum Gasteiger partial charge on any atom is -0.467 e. The molecule has 0 spiro atoms. The normalized spacial score (nSPS) is 11.0. The first-order valence-corrected chi connectivity index (χ1v) is 10.4. The minimum atomic E-state index is -0.363. The molecular weight excluding hydrogens is 394 g/mol. The number of carbonyl (C=O) groups excluding carboxylic acids is 2. The highest BCUT2D eigenvalue weighted by atomic mass is 16.3. The molecule has 31 heavy (non-hydrogen) atoms. The lowest BCUT2D eigenvalue weighted by atomic mass is 10.1. The Morgan fingerprint density at radius 1 is 1.19 bits per heavy atom. The fourth-order valence-corrected chi connectivity index (χ4v) is 3.50. The highest BCUT2D eigenvalue weighted by Gasteiger charge is 2.18. The van der Waals surface area contributed by atoms with Crippen LogP contribution < -0.4 is 10.6 Å². The van der Waals surface area contributed by atoms with Gasteiger partial charge in [-0.1, -0.05) is 18.2 Å². The van der Waals surface area contributed by atoms with Crippen LogP contribution in [0.25, 0.3) is 10.9 Å². The van der Waals surface area contributed by atoms with Crippen molar-refractivity contribution in [2.75, 3.05) is 5.32 Å². The monoisotopic (exact) mass is 419 g/mol. The number of anilines is 1. The van der Waals surface area contributed by atoms with E-state index in [0.717, 1.165) is 11.9 Å². The first-order chi connectivity index (χ1) is 15.1. The third-order valence-corrected chi connectivity index (χ3v) is 5.10. The molecule has 3 N–H and O–H groups in total. The van der Waals surface area contributed by atoms with E-state index in [4.69, 9.17) is 4.42 Å². The van der Waals surface area contributed by atoms with Crippen molar-refractivity contribution in [1.82, 2.24) is 20.1 Å². The summed E-state index contributed by atoms with van der Waals surface area (Å²) < 4.78 is 6.86. The Labute approximate surface area is 179 Å². The van der Waals surface area contributed by atoms with Crippen LogP contribution in [0.2, 0.25) is 0 Å². The molecule has 0 fully saturated rings. The van der Waals surface area contributed by atoms with Gasteiger partial charge in [0.15, 0.2) is 5.69 Å². The van der Waals surface area contributed by atoms with Crippen LogP contribution in [0.4, 0.5) is 5.69 Å². The molecular formula is C23H25N5O3. The number of para-hydroxylation sites is 1. The summed E-state index contributed by atoms with van der Waals surface area (Å²) in [6.45, 7) is 2.77. The van der Waals surface area contributed by atoms with Gasteiger partial charge in [-0.15, -0.1) is 0 Å². The van der Waals surface area contributed by atoms with Crippen molar-refractivity contribution in [2.45, 2.75) is 39.3 Å². The molecule has 3 heterocycles. The van der Waals surface area contributed by atoms with E-state index in [1.54, 1.807) is 29.3 Å². The predicted molar refractivity (Wildman–Crippen MR) is 118 cm³/mol. The Morgan fingerprint density at radius 3 is 2.87 bits per heavy atom. The van der Waals surface area contributed by atoms with Crippen molar-refractivity contribution in [1.29, 1.82) is 0 Å². The number of furan rings is 1. The third-order valence-electron chi connectivity index (χ3n) is 5.10. The van der Waals surface area contributed by atoms with E-state index >= 15 is 0 Å². The van der Waals surface area contributed by atoms with Gasteiger partial charge in [-0.25, -0.2) is 0 Å². The molecule has 8 heteroatoms. The van der Waals surface area contributed by atoms with Gasteiger partial charge in [-0.2, -0.15) is 5.10 Å². The van der Waals surface area contributed by atoms with Gasteiger partial charge in [0, 0.05) is 36.3 Å². The van der Waals surface area contributed by atoms with E-state index in [1.807, 2.05) is 31.3 Å². The van der Waals surface area contributed by atoms with Crippen LogP contribution in [0.15, 0.2) is 59.5 Å². The number of carbonyl (C=O) groups is 2. The van der Waals surface area contributed by atoms with Crippen LogP contribution in [0.3, 0.4) is 0 Å². The van der Waals surface area contributed by atoms with Crippen molar-refractivity contribution in [3.8, 4) is 0 Å². The zero-order valence-corrected chi connectivity index (χ0v) is 17.4. The lowest BCUT2D eigenvalue weighted by Gasteiger charge is -2.06. The molecule has 0 unspecified atom stereocenters. The van der Waals surface area contributed by atoms with Crippen molar-refractivity contribution in [3.05, 3.63) is 72.1 Å². The lowest BCUT2D eigenvalue weighted by molar-refractivity contribution is -0.116. The van der Waals surface area contributed by atoms with Gasteiger partial charge in [0.25, 0.3) is 5.91 Å². The molecule has 3 aromatic heterocycles. The third kappa shape index (κ3) is 4.85. The summed E-state index contributed by atoms with van der Waals surface area (Å²) in [5.41, 5.74) is 2.90. The number of fused-ring (bicyclic) bond motifs is 1. The Bertz CT molecular complexity index is 1170. The zero-order valence-electron chi connectivity index (χ0n) is 17.4. The smallest absolute Gasteiger partial charge is 0.274 e. The van der Waals surface area contributed by atoms with Gasteiger partial charge < -0.3 is 20.0 Å². The molecule has 0 aliphatic heterocycles. The van der Waals surface area contributed by atoms with Gasteiger partial charge in [-0.05, 0) is 43.5 Å². The molecule has 160 valence electrons. The van der Waals surface area contributed by atoms with E-state index in [2.05, 4.69) is 26.8 Å². The fourth-order valence-electron chi connectivity index (χ4n) is 3.50. The Hall–Kier alpha value is -3.81. The molecule has 0 aliphatic rings. The highest BCUT2D eigenvalue weighted by Crippen LogP contribution is 2.20. The van der Waals surface area contributed by atoms with Crippen molar-refractivity contribution in [3.63, 3.8) is 0 Å². The zero-order chi connectivity index (χ0) is 21.6. The maximum atomic E-state index is 12.6. The van der Waals surface area contributed by atoms with Gasteiger partial charge >= 0.3 is 0 Å². The van der Waals surface area contributed by atoms with Crippen LogP contribution in [0.5, 0.6) is 0 Å². The summed E-state index contributed by atoms with van der Waals surface area (Å²) in [7, 11) is 0. The average Bonchev–Trinajstić information content (AvgIpc) is 3.52. The number of nitrogens with zero attached hydrogens (tertiary/aromatic N) is 2. The van der Waals surface area contributed by atoms with Crippen LogP contribution in [0.1, 0.15) is 41.6 Å². The second kappa shape index (κ2) is 9.34. The molecule has 0 saturated carbocycles. The molecule has 8 nitrogen and oxygen atoms in total. The van der Waals surface area contributed by atoms with Crippen LogP contribution in [-0.2, 0) is 24.3 Å². The van der Waals surface area contributed by atoms with E-state index in [-0.39, 0.29) is 24.1 Å². The summed E-state index contributed by atoms with van der Waals surface area (Å²) in [6, 6.07) is 11.7. The lowest BCUT2D eigenvalue weighted by Crippen LogP contribution is -2.25. The molecule has 0 atom stereocenters. The Kier molecular flexibility index (Phi) is 6.16. The first kappa shape index (κ1) is 20.5. The van der Waals surface area contributed by atoms with Gasteiger partial charge in [0.2, 0.25) is 5.91 Å². The van der Waals surface area contributed by atoms with Gasteiger partial charge in [0.1, 0.15) is 5.76 Å². The Balaban J connectivity index is 1.34. The molecule has 0 radical (unpaired) electrons. The Morgan fingerprint density at radius 2 is 2.06 bits per heavy atom. The second-order valence-corrected chi connectivity index (χ2v) is 7.27. The number of amides is 2. The first-order valence-electron chi connectivity index (χ1n) is 10.4. The number of rotatable bonds is 9. The number of hydrogen-bond acceptors (Lipinski definition) is 4. The molecule has 4 rings (SSSR count). The van der Waals surface area contributed by atoms with E-state index in [9.17, 15) is 9.59 Å². The number of nitrogens with one attached hydrogen (secondary N) is 3. The van der Waals surface area contributed by atoms with Gasteiger partial charge in [-0.3, -0.25) is 14.3 Å². The van der Waals surface area contributed by atoms with Crippen LogP contribution >= 0.6 is 0 Å². The quantitative estimate of drug-likeness (QED) is 0.383. The summed E-state index contributed by atoms with van der Waals surface area (Å²) in [6.07, 6.45) is 7.08. The number of H-pyrrole nitrogens is 1. The summed E-state index contributed by atoms with van der Waals surface area (Å²) in [4.78, 5) is 28.4. The highest BCUT2D eigenvalue weighted by molar-refractivity contribution is 6.02. The molecule has 0 aliphatic carbocycles. The molecule has 2 amide bonds. The van der Waals surface area contributed by atoms with E-state index < -0.39 is 0 Å². The number of aromatic nitrogens is 3. The summed E-state index contributed by atoms with van der Waals surface area (Å²) in [5, 5.41) is 11.1. The molecule has 4 aromatic rings.